The molecule has 2 aromatic rings. The molecule has 0 aliphatic carbocycles. The van der Waals surface area contributed by atoms with Crippen LogP contribution in [-0.2, 0) is 12.8 Å². The van der Waals surface area contributed by atoms with Crippen molar-refractivity contribution in [2.75, 3.05) is 7.05 Å². The third-order valence-electron chi connectivity index (χ3n) is 3.11. The molecule has 0 amide bonds. The number of benzene rings is 1. The lowest BCUT2D eigenvalue weighted by molar-refractivity contribution is 0.555. The summed E-state index contributed by atoms with van der Waals surface area (Å²) in [6.45, 7) is 0. The standard InChI is InChI=1S/C15H16ClFN2/c1-18-13(8-11-4-6-19-7-5-11)9-12-2-3-15(17)14(16)10-12/h2-7,10,13,18H,8-9H2,1H3. The van der Waals surface area contributed by atoms with Crippen LogP contribution in [0, 0.1) is 5.82 Å². The lowest BCUT2D eigenvalue weighted by Gasteiger charge is -2.16. The van der Waals surface area contributed by atoms with Crippen molar-refractivity contribution in [2.45, 2.75) is 18.9 Å². The van der Waals surface area contributed by atoms with Gasteiger partial charge in [0.15, 0.2) is 0 Å². The second-order valence-electron chi connectivity index (χ2n) is 4.50. The molecule has 1 aromatic heterocycles. The maximum absolute atomic E-state index is 13.1. The highest BCUT2D eigenvalue weighted by Gasteiger charge is 2.10. The topological polar surface area (TPSA) is 24.9 Å². The minimum atomic E-state index is -0.374. The molecule has 19 heavy (non-hydrogen) atoms. The van der Waals surface area contributed by atoms with E-state index in [9.17, 15) is 4.39 Å². The zero-order valence-corrected chi connectivity index (χ0v) is 11.5. The quantitative estimate of drug-likeness (QED) is 0.908. The number of nitrogens with one attached hydrogen (secondary N) is 1. The number of likely N-dealkylation sites (N-methyl/N-ethyl adjacent to an activating group) is 1. The van der Waals surface area contributed by atoms with Gasteiger partial charge in [0.05, 0.1) is 5.02 Å². The first-order valence-electron chi connectivity index (χ1n) is 6.19. The first-order chi connectivity index (χ1) is 9.19. The van der Waals surface area contributed by atoms with Crippen LogP contribution in [0.3, 0.4) is 0 Å². The van der Waals surface area contributed by atoms with Gasteiger partial charge in [0.25, 0.3) is 0 Å². The Hall–Kier alpha value is -1.45. The molecule has 2 nitrogen and oxygen atoms in total. The molecule has 100 valence electrons. The molecule has 0 spiro atoms. The summed E-state index contributed by atoms with van der Waals surface area (Å²) in [6, 6.07) is 9.16. The van der Waals surface area contributed by atoms with Crippen molar-refractivity contribution >= 4 is 11.6 Å². The molecular weight excluding hydrogens is 263 g/mol. The van der Waals surface area contributed by atoms with Crippen LogP contribution in [0.15, 0.2) is 42.7 Å². The summed E-state index contributed by atoms with van der Waals surface area (Å²) < 4.78 is 13.1. The van der Waals surface area contributed by atoms with E-state index in [1.807, 2.05) is 19.2 Å². The Morgan fingerprint density at radius 3 is 2.47 bits per heavy atom. The monoisotopic (exact) mass is 278 g/mol. The van der Waals surface area contributed by atoms with Crippen molar-refractivity contribution in [1.82, 2.24) is 10.3 Å². The molecule has 2 rings (SSSR count). The van der Waals surface area contributed by atoms with Crippen molar-refractivity contribution < 1.29 is 4.39 Å². The normalized spacial score (nSPS) is 12.4. The van der Waals surface area contributed by atoms with Crippen LogP contribution >= 0.6 is 11.6 Å². The molecule has 0 bridgehead atoms. The van der Waals surface area contributed by atoms with Crippen molar-refractivity contribution in [1.29, 1.82) is 0 Å². The number of pyridine rings is 1. The minimum absolute atomic E-state index is 0.177. The Balaban J connectivity index is 2.04. The largest absolute Gasteiger partial charge is 0.316 e. The van der Waals surface area contributed by atoms with E-state index in [-0.39, 0.29) is 16.9 Å². The fourth-order valence-corrected chi connectivity index (χ4v) is 2.23. The van der Waals surface area contributed by atoms with Gasteiger partial charge in [-0.15, -0.1) is 0 Å². The van der Waals surface area contributed by atoms with Gasteiger partial charge in [-0.25, -0.2) is 4.39 Å². The zero-order chi connectivity index (χ0) is 13.7. The van der Waals surface area contributed by atoms with Gasteiger partial charge >= 0.3 is 0 Å². The van der Waals surface area contributed by atoms with E-state index in [2.05, 4.69) is 10.3 Å². The second kappa shape index (κ2) is 6.64. The molecule has 0 aliphatic rings. The molecular formula is C15H16ClFN2. The number of hydrogen-bond donors (Lipinski definition) is 1. The molecule has 1 unspecified atom stereocenters. The van der Waals surface area contributed by atoms with Crippen LogP contribution in [0.5, 0.6) is 0 Å². The first kappa shape index (κ1) is 14.0. The van der Waals surface area contributed by atoms with Gasteiger partial charge in [0.1, 0.15) is 5.82 Å². The van der Waals surface area contributed by atoms with Crippen LogP contribution < -0.4 is 5.32 Å². The smallest absolute Gasteiger partial charge is 0.141 e. The van der Waals surface area contributed by atoms with Gasteiger partial charge in [0.2, 0.25) is 0 Å². The van der Waals surface area contributed by atoms with Crippen LogP contribution in [0.2, 0.25) is 5.02 Å². The fraction of sp³-hybridized carbons (Fsp3) is 0.267. The van der Waals surface area contributed by atoms with E-state index >= 15 is 0 Å². The van der Waals surface area contributed by atoms with Crippen LogP contribution in [0.25, 0.3) is 0 Å². The van der Waals surface area contributed by atoms with Crippen molar-refractivity contribution in [2.24, 2.45) is 0 Å². The van der Waals surface area contributed by atoms with Gasteiger partial charge < -0.3 is 5.32 Å². The summed E-state index contributed by atoms with van der Waals surface area (Å²) >= 11 is 5.80. The summed E-state index contributed by atoms with van der Waals surface area (Å²) in [5.74, 6) is -0.374. The van der Waals surface area contributed by atoms with Crippen LogP contribution in [0.1, 0.15) is 11.1 Å². The first-order valence-corrected chi connectivity index (χ1v) is 6.57. The van der Waals surface area contributed by atoms with Crippen LogP contribution in [-0.4, -0.2) is 18.1 Å². The number of aromatic nitrogens is 1. The lowest BCUT2D eigenvalue weighted by Crippen LogP contribution is -2.29. The van der Waals surface area contributed by atoms with Gasteiger partial charge in [0, 0.05) is 18.4 Å². The SMILES string of the molecule is CNC(Cc1ccncc1)Cc1ccc(F)c(Cl)c1. The summed E-state index contributed by atoms with van der Waals surface area (Å²) in [7, 11) is 1.93. The summed E-state index contributed by atoms with van der Waals surface area (Å²) in [6.07, 6.45) is 5.28. The fourth-order valence-electron chi connectivity index (χ4n) is 2.03. The summed E-state index contributed by atoms with van der Waals surface area (Å²) in [5, 5.41) is 3.45. The van der Waals surface area contributed by atoms with Gasteiger partial charge in [-0.2, -0.15) is 0 Å². The van der Waals surface area contributed by atoms with Gasteiger partial charge in [-0.1, -0.05) is 17.7 Å². The number of rotatable bonds is 5. The Kier molecular flexibility index (Phi) is 4.88. The van der Waals surface area contributed by atoms with Crippen molar-refractivity contribution in [3.8, 4) is 0 Å². The average molecular weight is 279 g/mol. The van der Waals surface area contributed by atoms with Gasteiger partial charge in [-0.05, 0) is 55.3 Å². The predicted octanol–water partition coefficient (Wildman–Crippen LogP) is 3.25. The molecule has 1 heterocycles. The minimum Gasteiger partial charge on any atom is -0.316 e. The molecule has 1 aromatic carbocycles. The average Bonchev–Trinajstić information content (AvgIpc) is 2.43. The maximum Gasteiger partial charge on any atom is 0.141 e. The van der Waals surface area contributed by atoms with E-state index in [0.717, 1.165) is 18.4 Å². The van der Waals surface area contributed by atoms with Crippen LogP contribution in [0.4, 0.5) is 4.39 Å². The number of nitrogens with zero attached hydrogens (tertiary/aromatic N) is 1. The van der Waals surface area contributed by atoms with E-state index in [1.165, 1.54) is 11.6 Å². The van der Waals surface area contributed by atoms with Crippen molar-refractivity contribution in [3.63, 3.8) is 0 Å². The second-order valence-corrected chi connectivity index (χ2v) is 4.90. The van der Waals surface area contributed by atoms with Crippen molar-refractivity contribution in [3.05, 3.63) is 64.7 Å². The Morgan fingerprint density at radius 2 is 1.84 bits per heavy atom. The Morgan fingerprint density at radius 1 is 1.16 bits per heavy atom. The highest BCUT2D eigenvalue weighted by molar-refractivity contribution is 6.30. The molecule has 1 N–H and O–H groups in total. The highest BCUT2D eigenvalue weighted by Crippen LogP contribution is 2.17. The molecule has 1 atom stereocenters. The van der Waals surface area contributed by atoms with E-state index in [4.69, 9.17) is 11.6 Å². The summed E-state index contributed by atoms with van der Waals surface area (Å²) in [4.78, 5) is 4.00. The molecule has 0 fully saturated rings. The third-order valence-corrected chi connectivity index (χ3v) is 3.40. The van der Waals surface area contributed by atoms with E-state index in [0.29, 0.717) is 0 Å². The Bertz CT molecular complexity index is 531. The lowest BCUT2D eigenvalue weighted by atomic mass is 10.00. The molecule has 4 heteroatoms. The number of halogens is 2. The predicted molar refractivity (Wildman–Crippen MR) is 75.9 cm³/mol. The number of hydrogen-bond acceptors (Lipinski definition) is 2. The molecule has 0 saturated heterocycles. The van der Waals surface area contributed by atoms with E-state index < -0.39 is 0 Å². The third kappa shape index (κ3) is 4.01. The summed E-state index contributed by atoms with van der Waals surface area (Å²) in [5.41, 5.74) is 2.25. The Labute approximate surface area is 117 Å². The molecule has 0 radical (unpaired) electrons. The van der Waals surface area contributed by atoms with Gasteiger partial charge in [-0.3, -0.25) is 4.98 Å². The zero-order valence-electron chi connectivity index (χ0n) is 10.7. The molecule has 0 aliphatic heterocycles. The maximum atomic E-state index is 13.1. The highest BCUT2D eigenvalue weighted by atomic mass is 35.5. The van der Waals surface area contributed by atoms with E-state index in [1.54, 1.807) is 24.5 Å². The molecule has 0 saturated carbocycles.